The summed E-state index contributed by atoms with van der Waals surface area (Å²) < 4.78 is 4.83. The molecule has 30 heavy (non-hydrogen) atoms. The first-order valence-corrected chi connectivity index (χ1v) is 10.2. The van der Waals surface area contributed by atoms with Crippen LogP contribution in [0.1, 0.15) is 44.0 Å². The van der Waals surface area contributed by atoms with Gasteiger partial charge in [0.1, 0.15) is 5.82 Å². The normalized spacial score (nSPS) is 15.4. The van der Waals surface area contributed by atoms with Crippen LogP contribution >= 0.6 is 0 Å². The molecule has 1 aliphatic rings. The molecule has 0 spiro atoms. The van der Waals surface area contributed by atoms with Gasteiger partial charge in [-0.15, -0.1) is 0 Å². The number of anilines is 2. The molecular weight excluding hydrogens is 382 g/mol. The molecule has 3 rings (SSSR count). The summed E-state index contributed by atoms with van der Waals surface area (Å²) in [5.74, 6) is 0.0349. The van der Waals surface area contributed by atoms with Crippen molar-refractivity contribution in [3.63, 3.8) is 0 Å². The quantitative estimate of drug-likeness (QED) is 0.729. The van der Waals surface area contributed by atoms with Gasteiger partial charge in [0, 0.05) is 61.1 Å². The van der Waals surface area contributed by atoms with Gasteiger partial charge in [-0.2, -0.15) is 0 Å². The molecule has 0 bridgehead atoms. The van der Waals surface area contributed by atoms with Crippen molar-refractivity contribution in [2.45, 2.75) is 33.6 Å². The summed E-state index contributed by atoms with van der Waals surface area (Å²) in [5.41, 5.74) is 3.14. The third kappa shape index (κ3) is 5.06. The summed E-state index contributed by atoms with van der Waals surface area (Å²) >= 11 is 0. The van der Waals surface area contributed by atoms with Crippen LogP contribution in [0.15, 0.2) is 30.7 Å². The maximum Gasteiger partial charge on any atom is 0.339 e. The number of carbonyl (C=O) groups excluding carboxylic acids is 2. The molecule has 0 unspecified atom stereocenters. The minimum atomic E-state index is -0.438. The summed E-state index contributed by atoms with van der Waals surface area (Å²) in [6.45, 7) is 8.70. The molecule has 8 nitrogen and oxygen atoms in total. The predicted octanol–water partition coefficient (Wildman–Crippen LogP) is 3.70. The number of nitrogens with zero attached hydrogens (tertiary/aromatic N) is 3. The fourth-order valence-corrected chi connectivity index (χ4v) is 3.76. The molecule has 2 N–H and O–H groups in total. The number of piperidine rings is 1. The van der Waals surface area contributed by atoms with Crippen LogP contribution in [0.5, 0.6) is 0 Å². The zero-order valence-corrected chi connectivity index (χ0v) is 18.0. The van der Waals surface area contributed by atoms with Crippen molar-refractivity contribution in [1.29, 1.82) is 0 Å². The average Bonchev–Trinajstić information content (AvgIpc) is 2.72. The molecule has 0 aliphatic carbocycles. The van der Waals surface area contributed by atoms with Crippen molar-refractivity contribution in [1.82, 2.24) is 15.3 Å². The molecule has 0 aromatic carbocycles. The number of urea groups is 1. The number of carbonyl (C=O) groups is 2. The van der Waals surface area contributed by atoms with Crippen LogP contribution in [0, 0.1) is 5.41 Å². The Kier molecular flexibility index (Phi) is 6.54. The highest BCUT2D eigenvalue weighted by atomic mass is 16.5. The number of rotatable bonds is 5. The first-order valence-electron chi connectivity index (χ1n) is 10.2. The van der Waals surface area contributed by atoms with E-state index in [4.69, 9.17) is 4.74 Å². The van der Waals surface area contributed by atoms with Gasteiger partial charge >= 0.3 is 12.0 Å². The summed E-state index contributed by atoms with van der Waals surface area (Å²) in [6, 6.07) is 3.35. The van der Waals surface area contributed by atoms with E-state index in [-0.39, 0.29) is 11.4 Å². The van der Waals surface area contributed by atoms with Gasteiger partial charge in [-0.3, -0.25) is 10.3 Å². The molecular formula is C22H29N5O3. The lowest BCUT2D eigenvalue weighted by Gasteiger charge is -2.40. The smallest absolute Gasteiger partial charge is 0.339 e. The largest absolute Gasteiger partial charge is 0.465 e. The molecule has 1 saturated heterocycles. The number of amides is 2. The highest BCUT2D eigenvalue weighted by Crippen LogP contribution is 2.37. The summed E-state index contributed by atoms with van der Waals surface area (Å²) in [7, 11) is 1.35. The number of pyridine rings is 2. The number of esters is 1. The molecule has 2 amide bonds. The third-order valence-electron chi connectivity index (χ3n) is 5.17. The van der Waals surface area contributed by atoms with Gasteiger partial charge in [0.05, 0.1) is 12.7 Å². The molecule has 0 atom stereocenters. The molecule has 1 aliphatic heterocycles. The number of ether oxygens (including phenoxy) is 1. The van der Waals surface area contributed by atoms with Gasteiger partial charge in [0.25, 0.3) is 0 Å². The van der Waals surface area contributed by atoms with Crippen molar-refractivity contribution < 1.29 is 14.3 Å². The molecule has 8 heteroatoms. The number of hydrogen-bond acceptors (Lipinski definition) is 6. The number of methoxy groups -OCH3 is 1. The topological polar surface area (TPSA) is 96.5 Å². The lowest BCUT2D eigenvalue weighted by atomic mass is 9.83. The Morgan fingerprint density at radius 3 is 2.73 bits per heavy atom. The summed E-state index contributed by atoms with van der Waals surface area (Å²) in [4.78, 5) is 34.9. The molecule has 160 valence electrons. The van der Waals surface area contributed by atoms with Crippen molar-refractivity contribution >= 4 is 23.5 Å². The Labute approximate surface area is 177 Å². The zero-order chi connectivity index (χ0) is 21.7. The van der Waals surface area contributed by atoms with Crippen molar-refractivity contribution in [2.75, 3.05) is 37.0 Å². The van der Waals surface area contributed by atoms with Gasteiger partial charge < -0.3 is 15.0 Å². The van der Waals surface area contributed by atoms with E-state index >= 15 is 0 Å². The molecule has 3 heterocycles. The Bertz CT molecular complexity index is 929. The maximum atomic E-state index is 12.0. The standard InChI is InChI=1S/C22H29N5O3/c1-5-24-21(29)26-19-10-18(27-8-6-7-22(2,3)14-27)17(13-25-19)15-9-16(12-23-11-15)20(28)30-4/h9-13H,5-8,14H2,1-4H3,(H2,24,25,26,29). The van der Waals surface area contributed by atoms with Crippen LogP contribution in [0.2, 0.25) is 0 Å². The van der Waals surface area contributed by atoms with Crippen LogP contribution in [0.25, 0.3) is 11.1 Å². The first kappa shape index (κ1) is 21.5. The molecule has 2 aromatic heterocycles. The average molecular weight is 412 g/mol. The van der Waals surface area contributed by atoms with Gasteiger partial charge in [-0.05, 0) is 31.2 Å². The van der Waals surface area contributed by atoms with Crippen LogP contribution in [-0.4, -0.2) is 48.7 Å². The van der Waals surface area contributed by atoms with E-state index in [1.807, 2.05) is 13.0 Å². The minimum absolute atomic E-state index is 0.179. The zero-order valence-electron chi connectivity index (χ0n) is 18.0. The first-order chi connectivity index (χ1) is 14.3. The van der Waals surface area contributed by atoms with E-state index in [0.29, 0.717) is 17.9 Å². The number of aromatic nitrogens is 2. The fourth-order valence-electron chi connectivity index (χ4n) is 3.76. The van der Waals surface area contributed by atoms with Gasteiger partial charge in [-0.1, -0.05) is 13.8 Å². The van der Waals surface area contributed by atoms with E-state index in [0.717, 1.165) is 42.7 Å². The van der Waals surface area contributed by atoms with E-state index < -0.39 is 5.97 Å². The SMILES string of the molecule is CCNC(=O)Nc1cc(N2CCCC(C)(C)C2)c(-c2cncc(C(=O)OC)c2)cn1. The van der Waals surface area contributed by atoms with Crippen LogP contribution in [0.3, 0.4) is 0 Å². The minimum Gasteiger partial charge on any atom is -0.465 e. The van der Waals surface area contributed by atoms with E-state index in [2.05, 4.69) is 39.3 Å². The Morgan fingerprint density at radius 2 is 2.03 bits per heavy atom. The number of hydrogen-bond donors (Lipinski definition) is 2. The second-order valence-electron chi connectivity index (χ2n) is 8.21. The van der Waals surface area contributed by atoms with E-state index in [1.54, 1.807) is 18.5 Å². The highest BCUT2D eigenvalue weighted by molar-refractivity contribution is 5.92. The van der Waals surface area contributed by atoms with Crippen LogP contribution < -0.4 is 15.5 Å². The number of nitrogens with one attached hydrogen (secondary N) is 2. The second-order valence-corrected chi connectivity index (χ2v) is 8.21. The lowest BCUT2D eigenvalue weighted by molar-refractivity contribution is 0.0600. The Hall–Kier alpha value is -3.16. The van der Waals surface area contributed by atoms with Gasteiger partial charge in [-0.25, -0.2) is 14.6 Å². The predicted molar refractivity (Wildman–Crippen MR) is 117 cm³/mol. The summed E-state index contributed by atoms with van der Waals surface area (Å²) in [5, 5.41) is 5.50. The van der Waals surface area contributed by atoms with Gasteiger partial charge in [0.15, 0.2) is 0 Å². The third-order valence-corrected chi connectivity index (χ3v) is 5.17. The van der Waals surface area contributed by atoms with Crippen LogP contribution in [0.4, 0.5) is 16.3 Å². The molecule has 0 saturated carbocycles. The lowest BCUT2D eigenvalue weighted by Crippen LogP contribution is -2.40. The Balaban J connectivity index is 2.03. The molecule has 1 fully saturated rings. The fraction of sp³-hybridized carbons (Fsp3) is 0.455. The molecule has 0 radical (unpaired) electrons. The van der Waals surface area contributed by atoms with E-state index in [9.17, 15) is 9.59 Å². The van der Waals surface area contributed by atoms with E-state index in [1.165, 1.54) is 13.3 Å². The van der Waals surface area contributed by atoms with Gasteiger partial charge in [0.2, 0.25) is 0 Å². The second kappa shape index (κ2) is 9.11. The van der Waals surface area contributed by atoms with Crippen molar-refractivity contribution in [3.05, 3.63) is 36.3 Å². The van der Waals surface area contributed by atoms with Crippen LogP contribution in [-0.2, 0) is 4.74 Å². The monoisotopic (exact) mass is 411 g/mol. The summed E-state index contributed by atoms with van der Waals surface area (Å²) in [6.07, 6.45) is 7.15. The maximum absolute atomic E-state index is 12.0. The molecule has 2 aromatic rings. The van der Waals surface area contributed by atoms with Crippen molar-refractivity contribution in [2.24, 2.45) is 5.41 Å². The Morgan fingerprint density at radius 1 is 1.23 bits per heavy atom. The van der Waals surface area contributed by atoms with Crippen molar-refractivity contribution in [3.8, 4) is 11.1 Å². The highest BCUT2D eigenvalue weighted by Gasteiger charge is 2.28.